The van der Waals surface area contributed by atoms with Gasteiger partial charge in [-0.15, -0.1) is 0 Å². The van der Waals surface area contributed by atoms with Gasteiger partial charge >= 0.3 is 0 Å². The molecule has 0 aromatic heterocycles. The van der Waals surface area contributed by atoms with E-state index in [1.54, 1.807) is 7.11 Å². The Morgan fingerprint density at radius 3 is 2.47 bits per heavy atom. The summed E-state index contributed by atoms with van der Waals surface area (Å²) in [7, 11) is 1.55. The van der Waals surface area contributed by atoms with Crippen LogP contribution in [0, 0.1) is 16.3 Å². The Bertz CT molecular complexity index is 552. The molecule has 0 aliphatic heterocycles. The fourth-order valence-corrected chi connectivity index (χ4v) is 2.45. The second kappa shape index (κ2) is 5.04. The zero-order valence-corrected chi connectivity index (χ0v) is 11.8. The first kappa shape index (κ1) is 12.4. The van der Waals surface area contributed by atoms with Gasteiger partial charge in [0.25, 0.3) is 0 Å². The molecule has 88 valence electrons. The summed E-state index contributed by atoms with van der Waals surface area (Å²) in [5.74, 6) is 0.317. The van der Waals surface area contributed by atoms with Gasteiger partial charge in [0, 0.05) is 11.6 Å². The number of halogens is 2. The lowest BCUT2D eigenvalue weighted by molar-refractivity contribution is 0.408. The molecule has 3 heteroatoms. The maximum Gasteiger partial charge on any atom is 0.135 e. The first-order valence-corrected chi connectivity index (χ1v) is 6.30. The van der Waals surface area contributed by atoms with E-state index in [-0.39, 0.29) is 5.82 Å². The molecule has 0 amide bonds. The van der Waals surface area contributed by atoms with E-state index >= 15 is 0 Å². The van der Waals surface area contributed by atoms with Gasteiger partial charge < -0.3 is 4.74 Å². The summed E-state index contributed by atoms with van der Waals surface area (Å²) in [5, 5.41) is 0. The molecule has 0 saturated heterocycles. The minimum atomic E-state index is -0.253. The Balaban J connectivity index is 2.61. The van der Waals surface area contributed by atoms with Crippen molar-refractivity contribution in [1.82, 2.24) is 0 Å². The normalized spacial score (nSPS) is 10.4. The standard InChI is InChI=1S/C14H12FIO/c1-9-5-3-4-6-10(9)11-7-13(16)14(17-2)8-12(11)15/h3-8H,1-2H3. The SMILES string of the molecule is COc1cc(F)c(-c2ccccc2C)cc1I. The number of ether oxygens (including phenoxy) is 1. The molecule has 0 N–H and O–H groups in total. The molecule has 0 aliphatic carbocycles. The zero-order valence-electron chi connectivity index (χ0n) is 9.63. The second-order valence-electron chi connectivity index (χ2n) is 3.78. The molecule has 1 nitrogen and oxygen atoms in total. The highest BCUT2D eigenvalue weighted by molar-refractivity contribution is 14.1. The lowest BCUT2D eigenvalue weighted by Crippen LogP contribution is -1.93. The van der Waals surface area contributed by atoms with Crippen LogP contribution < -0.4 is 4.74 Å². The lowest BCUT2D eigenvalue weighted by atomic mass is 10.0. The van der Waals surface area contributed by atoms with Crippen molar-refractivity contribution < 1.29 is 9.13 Å². The highest BCUT2D eigenvalue weighted by atomic mass is 127. The van der Waals surface area contributed by atoms with Crippen molar-refractivity contribution in [3.8, 4) is 16.9 Å². The molecule has 0 bridgehead atoms. The topological polar surface area (TPSA) is 9.23 Å². The third-order valence-corrected chi connectivity index (χ3v) is 3.52. The molecule has 2 aromatic carbocycles. The average Bonchev–Trinajstić information content (AvgIpc) is 2.32. The maximum absolute atomic E-state index is 14.0. The fourth-order valence-electron chi connectivity index (χ4n) is 1.77. The molecule has 0 radical (unpaired) electrons. The third kappa shape index (κ3) is 2.44. The molecule has 0 saturated carbocycles. The molecule has 0 spiro atoms. The summed E-state index contributed by atoms with van der Waals surface area (Å²) < 4.78 is 20.0. The van der Waals surface area contributed by atoms with Gasteiger partial charge in [0.05, 0.1) is 10.7 Å². The van der Waals surface area contributed by atoms with E-state index in [1.165, 1.54) is 6.07 Å². The maximum atomic E-state index is 14.0. The minimum absolute atomic E-state index is 0.253. The molecule has 0 atom stereocenters. The van der Waals surface area contributed by atoms with Crippen molar-refractivity contribution in [2.45, 2.75) is 6.92 Å². The molecule has 0 fully saturated rings. The minimum Gasteiger partial charge on any atom is -0.496 e. The Morgan fingerprint density at radius 1 is 1.12 bits per heavy atom. The zero-order chi connectivity index (χ0) is 12.4. The first-order valence-electron chi connectivity index (χ1n) is 5.22. The van der Waals surface area contributed by atoms with Crippen LogP contribution in [0.2, 0.25) is 0 Å². The van der Waals surface area contributed by atoms with Crippen LogP contribution in [0.25, 0.3) is 11.1 Å². The van der Waals surface area contributed by atoms with Gasteiger partial charge in [0.2, 0.25) is 0 Å². The highest BCUT2D eigenvalue weighted by Gasteiger charge is 2.11. The van der Waals surface area contributed by atoms with E-state index in [1.807, 2.05) is 37.3 Å². The predicted molar refractivity (Wildman–Crippen MR) is 75.8 cm³/mol. The number of hydrogen-bond acceptors (Lipinski definition) is 1. The quantitative estimate of drug-likeness (QED) is 0.735. The van der Waals surface area contributed by atoms with E-state index < -0.39 is 0 Å². The van der Waals surface area contributed by atoms with Gasteiger partial charge in [-0.05, 0) is 46.7 Å². The third-order valence-electron chi connectivity index (χ3n) is 2.68. The van der Waals surface area contributed by atoms with Crippen LogP contribution in [0.4, 0.5) is 4.39 Å². The largest absolute Gasteiger partial charge is 0.496 e. The van der Waals surface area contributed by atoms with Gasteiger partial charge in [-0.25, -0.2) is 4.39 Å². The van der Waals surface area contributed by atoms with Gasteiger partial charge in [0.1, 0.15) is 11.6 Å². The fraction of sp³-hybridized carbons (Fsp3) is 0.143. The van der Waals surface area contributed by atoms with Gasteiger partial charge in [0.15, 0.2) is 0 Å². The van der Waals surface area contributed by atoms with Crippen LogP contribution in [-0.2, 0) is 0 Å². The monoisotopic (exact) mass is 342 g/mol. The van der Waals surface area contributed by atoms with Crippen LogP contribution >= 0.6 is 22.6 Å². The smallest absolute Gasteiger partial charge is 0.135 e. The molecular weight excluding hydrogens is 330 g/mol. The Kier molecular flexibility index (Phi) is 3.66. The van der Waals surface area contributed by atoms with Crippen molar-refractivity contribution in [2.75, 3.05) is 7.11 Å². The van der Waals surface area contributed by atoms with Gasteiger partial charge in [-0.3, -0.25) is 0 Å². The Morgan fingerprint density at radius 2 is 1.82 bits per heavy atom. The number of hydrogen-bond donors (Lipinski definition) is 0. The van der Waals surface area contributed by atoms with E-state index in [2.05, 4.69) is 22.6 Å². The lowest BCUT2D eigenvalue weighted by Gasteiger charge is -2.10. The number of methoxy groups -OCH3 is 1. The van der Waals surface area contributed by atoms with Crippen LogP contribution in [0.5, 0.6) is 5.75 Å². The number of rotatable bonds is 2. The van der Waals surface area contributed by atoms with E-state index in [0.29, 0.717) is 11.3 Å². The summed E-state index contributed by atoms with van der Waals surface area (Å²) in [6.45, 7) is 1.98. The number of benzene rings is 2. The molecule has 2 aromatic rings. The average molecular weight is 342 g/mol. The van der Waals surface area contributed by atoms with Gasteiger partial charge in [-0.2, -0.15) is 0 Å². The van der Waals surface area contributed by atoms with Crippen LogP contribution in [-0.4, -0.2) is 7.11 Å². The molecule has 0 aliphatic rings. The molecule has 0 heterocycles. The Hall–Kier alpha value is -1.10. The van der Waals surface area contributed by atoms with Crippen LogP contribution in [0.15, 0.2) is 36.4 Å². The summed E-state index contributed by atoms with van der Waals surface area (Å²) in [6, 6.07) is 11.0. The highest BCUT2D eigenvalue weighted by Crippen LogP contribution is 2.32. The van der Waals surface area contributed by atoms with Crippen molar-refractivity contribution in [2.24, 2.45) is 0 Å². The van der Waals surface area contributed by atoms with Gasteiger partial charge in [-0.1, -0.05) is 24.3 Å². The predicted octanol–water partition coefficient (Wildman–Crippen LogP) is 4.41. The first-order chi connectivity index (χ1) is 8.13. The molecular formula is C14H12FIO. The molecule has 2 rings (SSSR count). The van der Waals surface area contributed by atoms with Crippen molar-refractivity contribution in [3.05, 3.63) is 51.3 Å². The van der Waals surface area contributed by atoms with E-state index in [9.17, 15) is 4.39 Å². The van der Waals surface area contributed by atoms with Crippen LogP contribution in [0.3, 0.4) is 0 Å². The summed E-state index contributed by atoms with van der Waals surface area (Å²) in [4.78, 5) is 0. The molecule has 0 unspecified atom stereocenters. The summed E-state index contributed by atoms with van der Waals surface area (Å²) in [5.41, 5.74) is 2.60. The van der Waals surface area contributed by atoms with Crippen molar-refractivity contribution in [1.29, 1.82) is 0 Å². The van der Waals surface area contributed by atoms with E-state index in [4.69, 9.17) is 4.74 Å². The summed E-state index contributed by atoms with van der Waals surface area (Å²) in [6.07, 6.45) is 0. The van der Waals surface area contributed by atoms with Crippen LogP contribution in [0.1, 0.15) is 5.56 Å². The van der Waals surface area contributed by atoms with Crippen molar-refractivity contribution in [3.63, 3.8) is 0 Å². The van der Waals surface area contributed by atoms with Crippen molar-refractivity contribution >= 4 is 22.6 Å². The molecule has 17 heavy (non-hydrogen) atoms. The van der Waals surface area contributed by atoms with E-state index in [0.717, 1.165) is 14.7 Å². The second-order valence-corrected chi connectivity index (χ2v) is 4.94. The number of aryl methyl sites for hydroxylation is 1. The summed E-state index contributed by atoms with van der Waals surface area (Å²) >= 11 is 2.15. The Labute approximate surface area is 114 Å².